The number of carbonyl (C=O) groups excluding carboxylic acids is 1. The number of aryl methyl sites for hydroxylation is 3. The number of carbonyl (C=O) groups is 1. The Balaban J connectivity index is 1.88. The number of fused-ring (bicyclic) bond motifs is 2. The molecule has 0 N–H and O–H groups in total. The van der Waals surface area contributed by atoms with E-state index in [1.165, 1.54) is 5.56 Å². The second-order valence-corrected chi connectivity index (χ2v) is 6.82. The number of aromatic nitrogens is 2. The molecule has 0 atom stereocenters. The highest BCUT2D eigenvalue weighted by Gasteiger charge is 2.27. The molecule has 0 bridgehead atoms. The minimum Gasteiger partial charge on any atom is -0.274 e. The summed E-state index contributed by atoms with van der Waals surface area (Å²) >= 11 is 0. The zero-order valence-electron chi connectivity index (χ0n) is 14.8. The number of unbranched alkanes of at least 4 members (excludes halogenated alkanes) is 1. The monoisotopic (exact) mass is 333 g/mol. The van der Waals surface area contributed by atoms with E-state index in [1.807, 2.05) is 27.6 Å². The number of nitrogens with zero attached hydrogens (tertiary/aromatic N) is 3. The van der Waals surface area contributed by atoms with Crippen LogP contribution in [-0.2, 0) is 17.6 Å². The first kappa shape index (κ1) is 15.9. The Kier molecular flexibility index (Phi) is 4.04. The Bertz CT molecular complexity index is 941. The van der Waals surface area contributed by atoms with Gasteiger partial charge < -0.3 is 0 Å². The van der Waals surface area contributed by atoms with Gasteiger partial charge in [0.05, 0.1) is 16.9 Å². The van der Waals surface area contributed by atoms with Gasteiger partial charge >= 0.3 is 0 Å². The molecule has 0 radical (unpaired) electrons. The van der Waals surface area contributed by atoms with Gasteiger partial charge in [0.1, 0.15) is 5.82 Å². The van der Waals surface area contributed by atoms with Crippen molar-refractivity contribution in [1.82, 2.24) is 9.61 Å². The van der Waals surface area contributed by atoms with Gasteiger partial charge in [-0.15, -0.1) is 0 Å². The summed E-state index contributed by atoms with van der Waals surface area (Å²) in [7, 11) is 0. The van der Waals surface area contributed by atoms with Gasteiger partial charge in [0.25, 0.3) is 0 Å². The van der Waals surface area contributed by atoms with Gasteiger partial charge in [0.2, 0.25) is 5.91 Å². The van der Waals surface area contributed by atoms with Crippen molar-refractivity contribution in [2.45, 2.75) is 46.0 Å². The maximum Gasteiger partial charge on any atom is 0.233 e. The van der Waals surface area contributed by atoms with Gasteiger partial charge in [-0.05, 0) is 61.6 Å². The number of benzene rings is 1. The lowest BCUT2D eigenvalue weighted by atomic mass is 10.0. The summed E-state index contributed by atoms with van der Waals surface area (Å²) in [6, 6.07) is 14.5. The fourth-order valence-electron chi connectivity index (χ4n) is 3.59. The summed E-state index contributed by atoms with van der Waals surface area (Å²) in [6.45, 7) is 4.26. The topological polar surface area (TPSA) is 37.6 Å². The Morgan fingerprint density at radius 3 is 2.80 bits per heavy atom. The van der Waals surface area contributed by atoms with Gasteiger partial charge in [-0.3, -0.25) is 9.69 Å². The average Bonchev–Trinajstić information content (AvgIpc) is 3.02. The standard InChI is InChI=1S/C21H23N3O/c1-3-4-8-17-14-18-12-15(2)13-20(24(18)22-17)23-19-9-6-5-7-16(19)10-11-21(23)25/h5-7,9,12-14H,3-4,8,10-11H2,1-2H3. The molecule has 4 nitrogen and oxygen atoms in total. The summed E-state index contributed by atoms with van der Waals surface area (Å²) in [5.41, 5.74) is 5.48. The molecule has 0 spiro atoms. The molecule has 1 amide bonds. The molecule has 3 heterocycles. The van der Waals surface area contributed by atoms with Crippen LogP contribution in [-0.4, -0.2) is 15.5 Å². The van der Waals surface area contributed by atoms with Crippen LogP contribution in [0.2, 0.25) is 0 Å². The number of amides is 1. The van der Waals surface area contributed by atoms with Crippen molar-refractivity contribution in [3.05, 3.63) is 59.3 Å². The first-order valence-electron chi connectivity index (χ1n) is 9.07. The van der Waals surface area contributed by atoms with Gasteiger partial charge in [-0.1, -0.05) is 31.5 Å². The summed E-state index contributed by atoms with van der Waals surface area (Å²) in [4.78, 5) is 14.6. The van der Waals surface area contributed by atoms with Crippen LogP contribution < -0.4 is 4.90 Å². The smallest absolute Gasteiger partial charge is 0.233 e. The highest BCUT2D eigenvalue weighted by Crippen LogP contribution is 2.35. The Morgan fingerprint density at radius 1 is 1.12 bits per heavy atom. The van der Waals surface area contributed by atoms with Crippen LogP contribution in [0, 0.1) is 6.92 Å². The van der Waals surface area contributed by atoms with Crippen LogP contribution in [0.5, 0.6) is 0 Å². The molecule has 4 heteroatoms. The molecule has 4 rings (SSSR count). The lowest BCUT2D eigenvalue weighted by Gasteiger charge is -2.29. The van der Waals surface area contributed by atoms with E-state index in [0.717, 1.165) is 54.0 Å². The Hall–Kier alpha value is -2.62. The lowest BCUT2D eigenvalue weighted by Crippen LogP contribution is -2.32. The maximum absolute atomic E-state index is 12.8. The zero-order valence-corrected chi connectivity index (χ0v) is 14.8. The van der Waals surface area contributed by atoms with Crippen molar-refractivity contribution < 1.29 is 4.79 Å². The molecule has 25 heavy (non-hydrogen) atoms. The molecule has 128 valence electrons. The van der Waals surface area contributed by atoms with Gasteiger partial charge in [-0.2, -0.15) is 5.10 Å². The van der Waals surface area contributed by atoms with E-state index in [2.05, 4.69) is 38.1 Å². The third-order valence-corrected chi connectivity index (χ3v) is 4.84. The SMILES string of the molecule is CCCCc1cc2cc(C)cc(N3C(=O)CCc4ccccc43)n2n1. The molecule has 2 aromatic heterocycles. The van der Waals surface area contributed by atoms with E-state index in [4.69, 9.17) is 5.10 Å². The van der Waals surface area contributed by atoms with Crippen LogP contribution >= 0.6 is 0 Å². The predicted molar refractivity (Wildman–Crippen MR) is 100 cm³/mol. The molecule has 0 saturated carbocycles. The molecule has 1 aromatic carbocycles. The van der Waals surface area contributed by atoms with Crippen LogP contribution in [0.3, 0.4) is 0 Å². The van der Waals surface area contributed by atoms with Crippen LogP contribution in [0.25, 0.3) is 5.52 Å². The zero-order chi connectivity index (χ0) is 17.4. The van der Waals surface area contributed by atoms with E-state index in [0.29, 0.717) is 6.42 Å². The Morgan fingerprint density at radius 2 is 1.96 bits per heavy atom. The second kappa shape index (κ2) is 6.36. The van der Waals surface area contributed by atoms with Crippen LogP contribution in [0.4, 0.5) is 11.5 Å². The number of para-hydroxylation sites is 1. The molecule has 0 aliphatic carbocycles. The fourth-order valence-corrected chi connectivity index (χ4v) is 3.59. The second-order valence-electron chi connectivity index (χ2n) is 6.82. The Labute approximate surface area is 148 Å². The third kappa shape index (κ3) is 2.82. The highest BCUT2D eigenvalue weighted by atomic mass is 16.2. The van der Waals surface area contributed by atoms with Crippen molar-refractivity contribution in [2.75, 3.05) is 4.90 Å². The largest absolute Gasteiger partial charge is 0.274 e. The van der Waals surface area contributed by atoms with Crippen molar-refractivity contribution in [2.24, 2.45) is 0 Å². The number of hydrogen-bond acceptors (Lipinski definition) is 2. The van der Waals surface area contributed by atoms with Crippen molar-refractivity contribution in [3.8, 4) is 0 Å². The van der Waals surface area contributed by atoms with Crippen LogP contribution in [0.1, 0.15) is 43.0 Å². The predicted octanol–water partition coefficient (Wildman–Crippen LogP) is 4.60. The highest BCUT2D eigenvalue weighted by molar-refractivity contribution is 6.02. The lowest BCUT2D eigenvalue weighted by molar-refractivity contribution is -0.118. The first-order valence-corrected chi connectivity index (χ1v) is 9.07. The third-order valence-electron chi connectivity index (χ3n) is 4.84. The molecular weight excluding hydrogens is 310 g/mol. The fraction of sp³-hybridized carbons (Fsp3) is 0.333. The minimum absolute atomic E-state index is 0.135. The van der Waals surface area contributed by atoms with E-state index < -0.39 is 0 Å². The number of anilines is 2. The molecule has 0 saturated heterocycles. The molecule has 1 aliphatic heterocycles. The first-order chi connectivity index (χ1) is 12.2. The van der Waals surface area contributed by atoms with Gasteiger partial charge in [0.15, 0.2) is 0 Å². The van der Waals surface area contributed by atoms with E-state index >= 15 is 0 Å². The summed E-state index contributed by atoms with van der Waals surface area (Å²) in [5.74, 6) is 0.978. The van der Waals surface area contributed by atoms with E-state index in [1.54, 1.807) is 0 Å². The maximum atomic E-state index is 12.8. The van der Waals surface area contributed by atoms with Crippen LogP contribution in [0.15, 0.2) is 42.5 Å². The number of pyridine rings is 1. The number of rotatable bonds is 4. The molecule has 3 aromatic rings. The average molecular weight is 333 g/mol. The molecule has 0 fully saturated rings. The molecule has 0 unspecified atom stereocenters. The van der Waals surface area contributed by atoms with Gasteiger partial charge in [-0.25, -0.2) is 4.52 Å². The normalized spacial score (nSPS) is 14.2. The minimum atomic E-state index is 0.135. The summed E-state index contributed by atoms with van der Waals surface area (Å²) < 4.78 is 1.93. The summed E-state index contributed by atoms with van der Waals surface area (Å²) in [5, 5.41) is 4.80. The summed E-state index contributed by atoms with van der Waals surface area (Å²) in [6.07, 6.45) is 4.60. The van der Waals surface area contributed by atoms with E-state index in [-0.39, 0.29) is 5.91 Å². The van der Waals surface area contributed by atoms with Crippen molar-refractivity contribution in [3.63, 3.8) is 0 Å². The molecule has 1 aliphatic rings. The van der Waals surface area contributed by atoms with Gasteiger partial charge in [0, 0.05) is 6.42 Å². The molecular formula is C21H23N3O. The van der Waals surface area contributed by atoms with E-state index in [9.17, 15) is 4.79 Å². The number of hydrogen-bond donors (Lipinski definition) is 0. The quantitative estimate of drug-likeness (QED) is 0.700. The van der Waals surface area contributed by atoms with Crippen molar-refractivity contribution in [1.29, 1.82) is 0 Å². The van der Waals surface area contributed by atoms with Crippen molar-refractivity contribution >= 4 is 22.9 Å².